The monoisotopic (exact) mass is 146 g/mol. The van der Waals surface area contributed by atoms with Crippen molar-refractivity contribution in [3.05, 3.63) is 12.2 Å². The fraction of sp³-hybridized carbons (Fsp3) is 0. The molecule has 0 aliphatic carbocycles. The van der Waals surface area contributed by atoms with Gasteiger partial charge in [-0.2, -0.15) is 0 Å². The number of carbonyl (C=O) groups is 3. The molecular weight excluding hydrogens is 140 g/mol. The Hall–Kier alpha value is -1.65. The molecule has 0 heterocycles. The molecule has 0 aromatic rings. The molecule has 0 aliphatic rings. The third-order valence-corrected chi connectivity index (χ3v) is 0.368. The lowest BCUT2D eigenvalue weighted by molar-refractivity contribution is -0.134. The lowest BCUT2D eigenvalue weighted by atomic mass is 10.5. The van der Waals surface area contributed by atoms with E-state index in [1.165, 1.54) is 0 Å². The van der Waals surface area contributed by atoms with Gasteiger partial charge in [0.05, 0.1) is 0 Å². The minimum absolute atomic E-state index is 0.558. The zero-order chi connectivity index (χ0) is 8.57. The van der Waals surface area contributed by atoms with Gasteiger partial charge in [0, 0.05) is 12.2 Å². The lowest BCUT2D eigenvalue weighted by Crippen LogP contribution is -1.91. The molecule has 0 aliphatic heterocycles. The largest absolute Gasteiger partial charge is 0.478 e. The van der Waals surface area contributed by atoms with Crippen LogP contribution in [0.4, 0.5) is 0 Å². The van der Waals surface area contributed by atoms with Crippen LogP contribution in [0.25, 0.3) is 0 Å². The van der Waals surface area contributed by atoms with Crippen molar-refractivity contribution in [1.82, 2.24) is 0 Å². The molecule has 0 unspecified atom stereocenters. The van der Waals surface area contributed by atoms with Crippen LogP contribution < -0.4 is 0 Å². The molecule has 0 saturated carbocycles. The van der Waals surface area contributed by atoms with Crippen molar-refractivity contribution in [2.75, 3.05) is 0 Å². The number of rotatable bonds is 2. The summed E-state index contributed by atoms with van der Waals surface area (Å²) in [5.74, 6) is -2.51. The van der Waals surface area contributed by atoms with Gasteiger partial charge < -0.3 is 15.0 Å². The molecule has 0 rings (SSSR count). The van der Waals surface area contributed by atoms with Crippen LogP contribution in [0.1, 0.15) is 0 Å². The van der Waals surface area contributed by atoms with E-state index >= 15 is 0 Å². The molecule has 0 fully saturated rings. The first-order valence-electron chi connectivity index (χ1n) is 2.05. The molecule has 5 nitrogen and oxygen atoms in total. The minimum atomic E-state index is -1.26. The Bertz CT molecular complexity index is 132. The van der Waals surface area contributed by atoms with Crippen molar-refractivity contribution in [3.8, 4) is 0 Å². The van der Waals surface area contributed by atoms with Gasteiger partial charge in [0.2, 0.25) is 0 Å². The molecule has 0 aromatic heterocycles. The van der Waals surface area contributed by atoms with E-state index in [0.29, 0.717) is 12.2 Å². The number of hydrogen-bond acceptors (Lipinski definition) is 3. The van der Waals surface area contributed by atoms with Crippen LogP contribution in [0.3, 0.4) is 0 Å². The molecule has 10 heavy (non-hydrogen) atoms. The highest BCUT2D eigenvalue weighted by molar-refractivity contribution is 5.89. The molecule has 0 radical (unpaired) electrons. The summed E-state index contributed by atoms with van der Waals surface area (Å²) in [6.07, 6.45) is 1.12. The summed E-state index contributed by atoms with van der Waals surface area (Å²) in [4.78, 5) is 27.1. The maximum absolute atomic E-state index is 9.55. The van der Waals surface area contributed by atoms with Crippen molar-refractivity contribution >= 4 is 18.7 Å². The zero-order valence-electron chi connectivity index (χ0n) is 4.98. The van der Waals surface area contributed by atoms with E-state index in [4.69, 9.17) is 15.0 Å². The summed E-state index contributed by atoms with van der Waals surface area (Å²) >= 11 is 0. The highest BCUT2D eigenvalue weighted by atomic mass is 16.4. The Balaban J connectivity index is 0. The zero-order valence-corrected chi connectivity index (χ0v) is 4.98. The summed E-state index contributed by atoms with van der Waals surface area (Å²) in [5.41, 5.74) is 0. The van der Waals surface area contributed by atoms with Crippen LogP contribution in [0, 0.1) is 0 Å². The first-order valence-corrected chi connectivity index (χ1v) is 2.05. The van der Waals surface area contributed by atoms with E-state index in [0.717, 1.165) is 0 Å². The smallest absolute Gasteiger partial charge is 0.328 e. The summed E-state index contributed by atoms with van der Waals surface area (Å²) < 4.78 is 0. The van der Waals surface area contributed by atoms with Crippen LogP contribution in [0.5, 0.6) is 0 Å². The van der Waals surface area contributed by atoms with Gasteiger partial charge in [-0.05, 0) is 0 Å². The van der Waals surface area contributed by atoms with Gasteiger partial charge in [0.15, 0.2) is 0 Å². The SMILES string of the molecule is C=O.O=C(O)C=CC(=O)O. The molecule has 0 aromatic carbocycles. The first kappa shape index (κ1) is 11.2. The molecule has 0 amide bonds. The minimum Gasteiger partial charge on any atom is -0.478 e. The maximum Gasteiger partial charge on any atom is 0.328 e. The van der Waals surface area contributed by atoms with Crippen molar-refractivity contribution in [2.45, 2.75) is 0 Å². The van der Waals surface area contributed by atoms with Gasteiger partial charge in [-0.3, -0.25) is 0 Å². The molecule has 2 N–H and O–H groups in total. The Labute approximate surface area is 56.6 Å². The standard InChI is InChI=1S/C4H4O4.CH2O/c5-3(6)1-2-4(7)8;1-2/h1-2H,(H,5,6)(H,7,8);1H2. The van der Waals surface area contributed by atoms with E-state index in [-0.39, 0.29) is 0 Å². The van der Waals surface area contributed by atoms with E-state index < -0.39 is 11.9 Å². The predicted octanol–water partition coefficient (Wildman–Crippen LogP) is -0.473. The maximum atomic E-state index is 9.55. The van der Waals surface area contributed by atoms with Gasteiger partial charge in [-0.15, -0.1) is 0 Å². The average molecular weight is 146 g/mol. The van der Waals surface area contributed by atoms with Crippen molar-refractivity contribution in [3.63, 3.8) is 0 Å². The van der Waals surface area contributed by atoms with E-state index in [9.17, 15) is 9.59 Å². The molecule has 56 valence electrons. The second kappa shape index (κ2) is 7.35. The molecule has 0 bridgehead atoms. The third kappa shape index (κ3) is 16.2. The number of hydrogen-bond donors (Lipinski definition) is 2. The second-order valence-electron chi connectivity index (χ2n) is 1.01. The third-order valence-electron chi connectivity index (χ3n) is 0.368. The average Bonchev–Trinajstić information content (AvgIpc) is 1.89. The van der Waals surface area contributed by atoms with E-state index in [1.54, 1.807) is 0 Å². The van der Waals surface area contributed by atoms with Gasteiger partial charge in [0.25, 0.3) is 0 Å². The Morgan fingerprint density at radius 1 is 1.00 bits per heavy atom. The Morgan fingerprint density at radius 3 is 1.30 bits per heavy atom. The lowest BCUT2D eigenvalue weighted by Gasteiger charge is -1.74. The van der Waals surface area contributed by atoms with E-state index in [1.807, 2.05) is 6.79 Å². The molecular formula is C5H6O5. The van der Waals surface area contributed by atoms with Crippen LogP contribution in [-0.4, -0.2) is 28.9 Å². The van der Waals surface area contributed by atoms with Crippen LogP contribution in [-0.2, 0) is 14.4 Å². The van der Waals surface area contributed by atoms with E-state index in [2.05, 4.69) is 0 Å². The van der Waals surface area contributed by atoms with Gasteiger partial charge >= 0.3 is 11.9 Å². The topological polar surface area (TPSA) is 91.7 Å². The fourth-order valence-corrected chi connectivity index (χ4v) is 0.143. The summed E-state index contributed by atoms with van der Waals surface area (Å²) in [7, 11) is 0. The van der Waals surface area contributed by atoms with Crippen molar-refractivity contribution in [1.29, 1.82) is 0 Å². The van der Waals surface area contributed by atoms with Gasteiger partial charge in [0.1, 0.15) is 6.79 Å². The first-order chi connectivity index (χ1) is 4.63. The van der Waals surface area contributed by atoms with Crippen molar-refractivity contribution in [2.24, 2.45) is 0 Å². The number of carbonyl (C=O) groups excluding carboxylic acids is 1. The predicted molar refractivity (Wildman–Crippen MR) is 31.5 cm³/mol. The van der Waals surface area contributed by atoms with Crippen LogP contribution in [0.15, 0.2) is 12.2 Å². The van der Waals surface area contributed by atoms with Crippen LogP contribution >= 0.6 is 0 Å². The van der Waals surface area contributed by atoms with Gasteiger partial charge in [-0.1, -0.05) is 0 Å². The van der Waals surface area contributed by atoms with Gasteiger partial charge in [-0.25, -0.2) is 9.59 Å². The molecule has 0 spiro atoms. The molecule has 0 saturated heterocycles. The summed E-state index contributed by atoms with van der Waals surface area (Å²) in [5, 5.41) is 15.6. The Kier molecular flexibility index (Phi) is 8.22. The number of carboxylic acid groups (broad SMARTS) is 2. The molecule has 5 heteroatoms. The quantitative estimate of drug-likeness (QED) is 0.513. The Morgan fingerprint density at radius 2 is 1.20 bits per heavy atom. The highest BCUT2D eigenvalue weighted by Gasteiger charge is 1.88. The summed E-state index contributed by atoms with van der Waals surface area (Å²) in [6.45, 7) is 2.00. The fourth-order valence-electron chi connectivity index (χ4n) is 0.143. The highest BCUT2D eigenvalue weighted by Crippen LogP contribution is 1.70. The number of carboxylic acids is 2. The molecule has 0 atom stereocenters. The second-order valence-corrected chi connectivity index (χ2v) is 1.01. The van der Waals surface area contributed by atoms with Crippen molar-refractivity contribution < 1.29 is 24.6 Å². The summed E-state index contributed by atoms with van der Waals surface area (Å²) in [6, 6.07) is 0. The number of aliphatic carboxylic acids is 2. The van der Waals surface area contributed by atoms with Crippen LogP contribution in [0.2, 0.25) is 0 Å². The normalized spacial score (nSPS) is 8.00.